The van der Waals surface area contributed by atoms with E-state index in [2.05, 4.69) is 0 Å². The lowest BCUT2D eigenvalue weighted by Gasteiger charge is -2.17. The van der Waals surface area contributed by atoms with Crippen LogP contribution in [0.3, 0.4) is 0 Å². The summed E-state index contributed by atoms with van der Waals surface area (Å²) in [5.74, 6) is 0.151. The maximum Gasteiger partial charge on any atom is 0.242 e. The molecule has 4 heteroatoms. The van der Waals surface area contributed by atoms with Crippen molar-refractivity contribution in [3.05, 3.63) is 30.5 Å². The summed E-state index contributed by atoms with van der Waals surface area (Å²) >= 11 is 0. The number of amides is 1. The zero-order chi connectivity index (χ0) is 12.7. The Morgan fingerprint density at radius 1 is 1.44 bits per heavy atom. The summed E-state index contributed by atoms with van der Waals surface area (Å²) in [6.07, 6.45) is 4.20. The van der Waals surface area contributed by atoms with Gasteiger partial charge < -0.3 is 15.2 Å². The molecule has 1 aromatic heterocycles. The first-order chi connectivity index (χ1) is 8.66. The number of nitrogen functional groups attached to an aromatic ring is 1. The Balaban J connectivity index is 1.88. The Kier molecular flexibility index (Phi) is 2.51. The van der Waals surface area contributed by atoms with Crippen molar-refractivity contribution in [3.63, 3.8) is 0 Å². The quantitative estimate of drug-likeness (QED) is 0.836. The molecule has 94 valence electrons. The van der Waals surface area contributed by atoms with Crippen molar-refractivity contribution >= 4 is 22.5 Å². The lowest BCUT2D eigenvalue weighted by atomic mass is 10.2. The van der Waals surface area contributed by atoms with Gasteiger partial charge in [-0.05, 0) is 25.0 Å². The fourth-order valence-electron chi connectivity index (χ4n) is 2.35. The molecule has 1 aliphatic rings. The highest BCUT2D eigenvalue weighted by molar-refractivity contribution is 5.91. The molecule has 1 aromatic carbocycles. The molecule has 0 unspecified atom stereocenters. The van der Waals surface area contributed by atoms with Gasteiger partial charge in [-0.2, -0.15) is 0 Å². The third kappa shape index (κ3) is 1.83. The number of carbonyl (C=O) groups excluding carboxylic acids is 1. The van der Waals surface area contributed by atoms with Crippen LogP contribution in [0.5, 0.6) is 0 Å². The molecule has 1 fully saturated rings. The van der Waals surface area contributed by atoms with Crippen LogP contribution >= 0.6 is 0 Å². The second kappa shape index (κ2) is 4.05. The van der Waals surface area contributed by atoms with Gasteiger partial charge >= 0.3 is 0 Å². The first kappa shape index (κ1) is 11.1. The Morgan fingerprint density at radius 2 is 2.22 bits per heavy atom. The van der Waals surface area contributed by atoms with Crippen molar-refractivity contribution < 1.29 is 4.79 Å². The van der Waals surface area contributed by atoms with Gasteiger partial charge in [0.1, 0.15) is 6.54 Å². The molecular formula is C14H17N3O. The van der Waals surface area contributed by atoms with Crippen LogP contribution in [0.15, 0.2) is 30.5 Å². The summed E-state index contributed by atoms with van der Waals surface area (Å²) in [6, 6.07) is 8.26. The van der Waals surface area contributed by atoms with E-state index in [1.165, 1.54) is 0 Å². The number of anilines is 1. The number of aromatic nitrogens is 1. The van der Waals surface area contributed by atoms with E-state index in [0.29, 0.717) is 12.6 Å². The largest absolute Gasteiger partial charge is 0.397 e. The molecule has 1 saturated carbocycles. The first-order valence-electron chi connectivity index (χ1n) is 6.26. The predicted octanol–water partition coefficient (Wildman–Crippen LogP) is 1.84. The van der Waals surface area contributed by atoms with Crippen LogP contribution in [0.1, 0.15) is 12.8 Å². The minimum atomic E-state index is 0.151. The summed E-state index contributed by atoms with van der Waals surface area (Å²) in [7, 11) is 1.88. The van der Waals surface area contributed by atoms with E-state index >= 15 is 0 Å². The molecule has 1 heterocycles. The summed E-state index contributed by atoms with van der Waals surface area (Å²) in [5.41, 5.74) is 7.66. The number of para-hydroxylation sites is 1. The molecule has 0 saturated heterocycles. The summed E-state index contributed by atoms with van der Waals surface area (Å²) < 4.78 is 1.94. The lowest BCUT2D eigenvalue weighted by molar-refractivity contribution is -0.130. The van der Waals surface area contributed by atoms with E-state index in [1.54, 1.807) is 0 Å². The van der Waals surface area contributed by atoms with Gasteiger partial charge in [-0.15, -0.1) is 0 Å². The predicted molar refractivity (Wildman–Crippen MR) is 72.1 cm³/mol. The van der Waals surface area contributed by atoms with Crippen molar-refractivity contribution in [1.82, 2.24) is 9.47 Å². The Hall–Kier alpha value is -1.97. The average molecular weight is 243 g/mol. The average Bonchev–Trinajstić information content (AvgIpc) is 3.12. The van der Waals surface area contributed by atoms with Crippen molar-refractivity contribution in [2.45, 2.75) is 25.4 Å². The van der Waals surface area contributed by atoms with Crippen molar-refractivity contribution in [3.8, 4) is 0 Å². The number of hydrogen-bond acceptors (Lipinski definition) is 2. The van der Waals surface area contributed by atoms with Gasteiger partial charge in [-0.3, -0.25) is 4.79 Å². The highest BCUT2D eigenvalue weighted by atomic mass is 16.2. The molecule has 4 nitrogen and oxygen atoms in total. The number of nitrogens with zero attached hydrogens (tertiary/aromatic N) is 2. The van der Waals surface area contributed by atoms with Gasteiger partial charge in [-0.1, -0.05) is 12.1 Å². The monoisotopic (exact) mass is 243 g/mol. The number of carbonyl (C=O) groups is 1. The zero-order valence-electron chi connectivity index (χ0n) is 10.5. The SMILES string of the molecule is CN(C(=O)Cn1ccc2cccc(N)c21)C1CC1. The zero-order valence-corrected chi connectivity index (χ0v) is 10.5. The Labute approximate surface area is 106 Å². The molecule has 0 bridgehead atoms. The number of fused-ring (bicyclic) bond motifs is 1. The standard InChI is InChI=1S/C14H17N3O/c1-16(11-5-6-11)13(18)9-17-8-7-10-3-2-4-12(15)14(10)17/h2-4,7-8,11H,5-6,9,15H2,1H3. The number of nitrogens with two attached hydrogens (primary N) is 1. The maximum absolute atomic E-state index is 12.1. The summed E-state index contributed by atoms with van der Waals surface area (Å²) in [6.45, 7) is 0.366. The fraction of sp³-hybridized carbons (Fsp3) is 0.357. The summed E-state index contributed by atoms with van der Waals surface area (Å²) in [4.78, 5) is 14.0. The van der Waals surface area contributed by atoms with E-state index < -0.39 is 0 Å². The van der Waals surface area contributed by atoms with Crippen LogP contribution in [0.25, 0.3) is 10.9 Å². The molecular weight excluding hydrogens is 226 g/mol. The second-order valence-corrected chi connectivity index (χ2v) is 4.96. The Morgan fingerprint density at radius 3 is 2.94 bits per heavy atom. The summed E-state index contributed by atoms with van der Waals surface area (Å²) in [5, 5.41) is 1.08. The highest BCUT2D eigenvalue weighted by Crippen LogP contribution is 2.26. The van der Waals surface area contributed by atoms with E-state index in [9.17, 15) is 4.79 Å². The van der Waals surface area contributed by atoms with Gasteiger partial charge in [0.2, 0.25) is 5.91 Å². The van der Waals surface area contributed by atoms with E-state index in [-0.39, 0.29) is 5.91 Å². The van der Waals surface area contributed by atoms with Crippen LogP contribution < -0.4 is 5.73 Å². The maximum atomic E-state index is 12.1. The molecule has 0 atom stereocenters. The van der Waals surface area contributed by atoms with Gasteiger partial charge in [0.15, 0.2) is 0 Å². The number of likely N-dealkylation sites (N-methyl/N-ethyl adjacent to an activating group) is 1. The van der Waals surface area contributed by atoms with E-state index in [1.807, 2.05) is 47.0 Å². The minimum Gasteiger partial charge on any atom is -0.397 e. The number of hydrogen-bond donors (Lipinski definition) is 1. The molecule has 2 aromatic rings. The van der Waals surface area contributed by atoms with E-state index in [4.69, 9.17) is 5.73 Å². The molecule has 1 aliphatic carbocycles. The Bertz CT molecular complexity index is 598. The molecule has 3 rings (SSSR count). The van der Waals surface area contributed by atoms with E-state index in [0.717, 1.165) is 29.4 Å². The lowest BCUT2D eigenvalue weighted by Crippen LogP contribution is -2.31. The van der Waals surface area contributed by atoms with Crippen molar-refractivity contribution in [2.75, 3.05) is 12.8 Å². The van der Waals surface area contributed by atoms with Gasteiger partial charge in [-0.25, -0.2) is 0 Å². The highest BCUT2D eigenvalue weighted by Gasteiger charge is 2.29. The third-order valence-electron chi connectivity index (χ3n) is 3.61. The van der Waals surface area contributed by atoms with Crippen molar-refractivity contribution in [1.29, 1.82) is 0 Å². The van der Waals surface area contributed by atoms with Gasteiger partial charge in [0.25, 0.3) is 0 Å². The second-order valence-electron chi connectivity index (χ2n) is 4.96. The normalized spacial score (nSPS) is 14.9. The molecule has 0 spiro atoms. The minimum absolute atomic E-state index is 0.151. The topological polar surface area (TPSA) is 51.3 Å². The fourth-order valence-corrected chi connectivity index (χ4v) is 2.35. The molecule has 2 N–H and O–H groups in total. The smallest absolute Gasteiger partial charge is 0.242 e. The van der Waals surface area contributed by atoms with Crippen LogP contribution in [-0.4, -0.2) is 28.5 Å². The van der Waals surface area contributed by atoms with Crippen molar-refractivity contribution in [2.24, 2.45) is 0 Å². The van der Waals surface area contributed by atoms with Crippen LogP contribution in [-0.2, 0) is 11.3 Å². The molecule has 1 amide bonds. The van der Waals surface area contributed by atoms with Crippen LogP contribution in [0.2, 0.25) is 0 Å². The van der Waals surface area contributed by atoms with Crippen LogP contribution in [0, 0.1) is 0 Å². The molecule has 18 heavy (non-hydrogen) atoms. The van der Waals surface area contributed by atoms with Gasteiger partial charge in [0.05, 0.1) is 11.2 Å². The molecule has 0 aliphatic heterocycles. The number of rotatable bonds is 3. The van der Waals surface area contributed by atoms with Crippen LogP contribution in [0.4, 0.5) is 5.69 Å². The third-order valence-corrected chi connectivity index (χ3v) is 3.61. The number of benzene rings is 1. The first-order valence-corrected chi connectivity index (χ1v) is 6.26. The van der Waals surface area contributed by atoms with Gasteiger partial charge in [0, 0.05) is 24.7 Å². The molecule has 0 radical (unpaired) electrons.